The first kappa shape index (κ1) is 22.0. The molecular weight excluding hydrogens is 402 g/mol. The van der Waals surface area contributed by atoms with E-state index in [1.807, 2.05) is 13.0 Å². The Morgan fingerprint density at radius 3 is 2.13 bits per heavy atom. The maximum absolute atomic E-state index is 12.6. The van der Waals surface area contributed by atoms with Crippen LogP contribution in [0.2, 0.25) is 0 Å². The number of hydrogen-bond acceptors (Lipinski definition) is 7. The van der Waals surface area contributed by atoms with Gasteiger partial charge in [0, 0.05) is 41.8 Å². The standard InChI is InChI=1S/C23H25NO7/c1-13-8-22(26)31-18-12-17(27-2)14(9-16(13)18)6-7-21(25)24-15-10-19(28-3)23(30-5)20(11-15)29-4/h8-12H,6-7H2,1-5H3,(H,24,25). The van der Waals surface area contributed by atoms with Crippen LogP contribution in [0.4, 0.5) is 5.69 Å². The van der Waals surface area contributed by atoms with Gasteiger partial charge in [-0.05, 0) is 30.5 Å². The lowest BCUT2D eigenvalue weighted by molar-refractivity contribution is -0.116. The van der Waals surface area contributed by atoms with Crippen LogP contribution in [0.25, 0.3) is 11.0 Å². The minimum absolute atomic E-state index is 0.187. The van der Waals surface area contributed by atoms with Crippen molar-refractivity contribution in [3.8, 4) is 23.0 Å². The number of anilines is 1. The number of aryl methyl sites for hydroxylation is 2. The molecule has 3 rings (SSSR count). The number of ether oxygens (including phenoxy) is 4. The largest absolute Gasteiger partial charge is 0.496 e. The van der Waals surface area contributed by atoms with E-state index in [9.17, 15) is 9.59 Å². The first-order chi connectivity index (χ1) is 14.9. The molecule has 3 aromatic rings. The minimum atomic E-state index is -0.412. The molecule has 2 aromatic carbocycles. The molecule has 0 saturated heterocycles. The normalized spacial score (nSPS) is 10.6. The average Bonchev–Trinajstić information content (AvgIpc) is 2.76. The average molecular weight is 427 g/mol. The number of methoxy groups -OCH3 is 4. The summed E-state index contributed by atoms with van der Waals surface area (Å²) in [6, 6.07) is 8.34. The molecule has 164 valence electrons. The van der Waals surface area contributed by atoms with Gasteiger partial charge in [0.1, 0.15) is 11.3 Å². The van der Waals surface area contributed by atoms with Crippen LogP contribution in [0.3, 0.4) is 0 Å². The second-order valence-electron chi connectivity index (χ2n) is 6.87. The SMILES string of the molecule is COc1cc2oc(=O)cc(C)c2cc1CCC(=O)Nc1cc(OC)c(OC)c(OC)c1. The molecule has 0 saturated carbocycles. The zero-order valence-corrected chi connectivity index (χ0v) is 18.2. The van der Waals surface area contributed by atoms with E-state index in [0.29, 0.717) is 40.7 Å². The molecule has 31 heavy (non-hydrogen) atoms. The van der Waals surface area contributed by atoms with Crippen molar-refractivity contribution in [2.75, 3.05) is 33.8 Å². The fourth-order valence-electron chi connectivity index (χ4n) is 3.40. The van der Waals surface area contributed by atoms with E-state index < -0.39 is 5.63 Å². The number of nitrogens with one attached hydrogen (secondary N) is 1. The molecular formula is C23H25NO7. The summed E-state index contributed by atoms with van der Waals surface area (Å²) in [6.45, 7) is 1.84. The van der Waals surface area contributed by atoms with E-state index in [1.54, 1.807) is 18.2 Å². The van der Waals surface area contributed by atoms with Gasteiger partial charge in [0.2, 0.25) is 11.7 Å². The molecule has 0 fully saturated rings. The number of benzene rings is 2. The summed E-state index contributed by atoms with van der Waals surface area (Å²) in [5.41, 5.74) is 2.21. The highest BCUT2D eigenvalue weighted by Crippen LogP contribution is 2.40. The molecule has 1 heterocycles. The van der Waals surface area contributed by atoms with Crippen LogP contribution in [0.1, 0.15) is 17.5 Å². The van der Waals surface area contributed by atoms with Crippen LogP contribution in [0.15, 0.2) is 39.5 Å². The molecule has 8 heteroatoms. The second kappa shape index (κ2) is 9.42. The minimum Gasteiger partial charge on any atom is -0.496 e. The van der Waals surface area contributed by atoms with Gasteiger partial charge in [0.25, 0.3) is 0 Å². The number of amides is 1. The molecule has 0 spiro atoms. The first-order valence-corrected chi connectivity index (χ1v) is 9.61. The number of fused-ring (bicyclic) bond motifs is 1. The van der Waals surface area contributed by atoms with Gasteiger partial charge < -0.3 is 28.7 Å². The van der Waals surface area contributed by atoms with E-state index in [-0.39, 0.29) is 12.3 Å². The Labute approximate surface area is 179 Å². The molecule has 1 N–H and O–H groups in total. The van der Waals surface area contributed by atoms with Gasteiger partial charge in [-0.25, -0.2) is 4.79 Å². The topological polar surface area (TPSA) is 96.2 Å². The third-order valence-electron chi connectivity index (χ3n) is 4.92. The van der Waals surface area contributed by atoms with Crippen molar-refractivity contribution >= 4 is 22.6 Å². The lowest BCUT2D eigenvalue weighted by atomic mass is 10.0. The van der Waals surface area contributed by atoms with Crippen LogP contribution >= 0.6 is 0 Å². The maximum Gasteiger partial charge on any atom is 0.336 e. The van der Waals surface area contributed by atoms with E-state index >= 15 is 0 Å². The number of carbonyl (C=O) groups is 1. The monoisotopic (exact) mass is 427 g/mol. The zero-order chi connectivity index (χ0) is 22.5. The summed E-state index contributed by atoms with van der Waals surface area (Å²) in [4.78, 5) is 24.2. The van der Waals surface area contributed by atoms with Crippen LogP contribution in [-0.2, 0) is 11.2 Å². The van der Waals surface area contributed by atoms with Crippen molar-refractivity contribution in [2.24, 2.45) is 0 Å². The third kappa shape index (κ3) is 4.74. The fraction of sp³-hybridized carbons (Fsp3) is 0.304. The van der Waals surface area contributed by atoms with Crippen molar-refractivity contribution in [2.45, 2.75) is 19.8 Å². The molecule has 1 aromatic heterocycles. The van der Waals surface area contributed by atoms with Gasteiger partial charge in [0.05, 0.1) is 28.4 Å². The first-order valence-electron chi connectivity index (χ1n) is 9.61. The van der Waals surface area contributed by atoms with Gasteiger partial charge in [-0.15, -0.1) is 0 Å². The predicted octanol–water partition coefficient (Wildman–Crippen LogP) is 3.71. The molecule has 0 atom stereocenters. The number of carbonyl (C=O) groups excluding carboxylic acids is 1. The quantitative estimate of drug-likeness (QED) is 0.548. The van der Waals surface area contributed by atoms with Crippen LogP contribution in [-0.4, -0.2) is 34.3 Å². The smallest absolute Gasteiger partial charge is 0.336 e. The third-order valence-corrected chi connectivity index (χ3v) is 4.92. The Morgan fingerprint density at radius 2 is 1.55 bits per heavy atom. The van der Waals surface area contributed by atoms with Gasteiger partial charge >= 0.3 is 5.63 Å². The molecule has 8 nitrogen and oxygen atoms in total. The van der Waals surface area contributed by atoms with E-state index in [4.69, 9.17) is 23.4 Å². The Morgan fingerprint density at radius 1 is 0.903 bits per heavy atom. The highest BCUT2D eigenvalue weighted by Gasteiger charge is 2.16. The Bertz CT molecular complexity index is 1140. The summed E-state index contributed by atoms with van der Waals surface area (Å²) in [7, 11) is 6.08. The van der Waals surface area contributed by atoms with Crippen molar-refractivity contribution in [3.63, 3.8) is 0 Å². The Hall–Kier alpha value is -3.68. The predicted molar refractivity (Wildman–Crippen MR) is 117 cm³/mol. The molecule has 0 aliphatic heterocycles. The highest BCUT2D eigenvalue weighted by atomic mass is 16.5. The summed E-state index contributed by atoms with van der Waals surface area (Å²) in [5, 5.41) is 3.66. The van der Waals surface area contributed by atoms with Crippen LogP contribution in [0.5, 0.6) is 23.0 Å². The van der Waals surface area contributed by atoms with Crippen molar-refractivity contribution in [1.29, 1.82) is 0 Å². The molecule has 0 unspecified atom stereocenters. The lowest BCUT2D eigenvalue weighted by Gasteiger charge is -2.15. The summed E-state index contributed by atoms with van der Waals surface area (Å²) in [6.07, 6.45) is 0.655. The second-order valence-corrected chi connectivity index (χ2v) is 6.87. The van der Waals surface area contributed by atoms with Gasteiger partial charge in [-0.2, -0.15) is 0 Å². The van der Waals surface area contributed by atoms with Crippen LogP contribution in [0, 0.1) is 6.92 Å². The van der Waals surface area contributed by atoms with Crippen molar-refractivity contribution in [3.05, 3.63) is 51.9 Å². The van der Waals surface area contributed by atoms with Crippen molar-refractivity contribution < 1.29 is 28.2 Å². The molecule has 0 aliphatic carbocycles. The highest BCUT2D eigenvalue weighted by molar-refractivity contribution is 5.92. The van der Waals surface area contributed by atoms with Gasteiger partial charge in [-0.3, -0.25) is 4.79 Å². The zero-order valence-electron chi connectivity index (χ0n) is 18.2. The van der Waals surface area contributed by atoms with Gasteiger partial charge in [0.15, 0.2) is 11.5 Å². The summed E-state index contributed by atoms with van der Waals surface area (Å²) >= 11 is 0. The Kier molecular flexibility index (Phi) is 6.69. The lowest BCUT2D eigenvalue weighted by Crippen LogP contribution is -2.13. The molecule has 0 radical (unpaired) electrons. The Balaban J connectivity index is 1.79. The summed E-state index contributed by atoms with van der Waals surface area (Å²) in [5.74, 6) is 1.72. The number of hydrogen-bond donors (Lipinski definition) is 1. The van der Waals surface area contributed by atoms with Crippen molar-refractivity contribution in [1.82, 2.24) is 0 Å². The molecule has 0 aliphatic rings. The molecule has 1 amide bonds. The van der Waals surface area contributed by atoms with E-state index in [0.717, 1.165) is 16.5 Å². The van der Waals surface area contributed by atoms with Gasteiger partial charge in [-0.1, -0.05) is 0 Å². The molecule has 0 bridgehead atoms. The van der Waals surface area contributed by atoms with E-state index in [1.165, 1.54) is 34.5 Å². The summed E-state index contributed by atoms with van der Waals surface area (Å²) < 4.78 is 26.6. The van der Waals surface area contributed by atoms with E-state index in [2.05, 4.69) is 5.32 Å². The number of rotatable bonds is 8. The van der Waals surface area contributed by atoms with Crippen LogP contribution < -0.4 is 29.9 Å². The maximum atomic E-state index is 12.6. The fourth-order valence-corrected chi connectivity index (χ4v) is 3.40.